The lowest BCUT2D eigenvalue weighted by molar-refractivity contribution is 0.628. The van der Waals surface area contributed by atoms with Crippen LogP contribution in [0.4, 0.5) is 10.1 Å². The number of nitrogens with zero attached hydrogens (tertiary/aromatic N) is 2. The van der Waals surface area contributed by atoms with Gasteiger partial charge in [-0.05, 0) is 37.1 Å². The summed E-state index contributed by atoms with van der Waals surface area (Å²) in [5.74, 6) is 0.325. The molecule has 100 valence electrons. The third kappa shape index (κ3) is 1.61. The molecule has 0 saturated heterocycles. The Morgan fingerprint density at radius 1 is 1.10 bits per heavy atom. The van der Waals surface area contributed by atoms with Gasteiger partial charge in [0.25, 0.3) is 0 Å². The fourth-order valence-corrected chi connectivity index (χ4v) is 2.70. The third-order valence-electron chi connectivity index (χ3n) is 3.78. The number of hydrogen-bond donors (Lipinski definition) is 1. The van der Waals surface area contributed by atoms with Gasteiger partial charge in [0, 0.05) is 11.7 Å². The molecule has 1 aliphatic rings. The number of anilines is 1. The first-order valence-electron chi connectivity index (χ1n) is 6.77. The predicted molar refractivity (Wildman–Crippen MR) is 77.8 cm³/mol. The molecule has 1 aliphatic carbocycles. The van der Waals surface area contributed by atoms with E-state index in [0.717, 1.165) is 23.9 Å². The lowest BCUT2D eigenvalue weighted by atomic mass is 10.1. The first-order valence-corrected chi connectivity index (χ1v) is 6.77. The Morgan fingerprint density at radius 3 is 2.65 bits per heavy atom. The van der Waals surface area contributed by atoms with Crippen LogP contribution in [-0.2, 0) is 0 Å². The molecule has 2 N–H and O–H groups in total. The number of benzene rings is 2. The van der Waals surface area contributed by atoms with Crippen molar-refractivity contribution in [2.45, 2.75) is 18.9 Å². The van der Waals surface area contributed by atoms with Gasteiger partial charge in [-0.25, -0.2) is 9.37 Å². The van der Waals surface area contributed by atoms with E-state index in [1.54, 1.807) is 12.1 Å². The van der Waals surface area contributed by atoms with Crippen molar-refractivity contribution in [1.29, 1.82) is 0 Å². The van der Waals surface area contributed by atoms with E-state index in [4.69, 9.17) is 5.73 Å². The molecule has 1 aromatic heterocycles. The van der Waals surface area contributed by atoms with Crippen molar-refractivity contribution in [1.82, 2.24) is 9.55 Å². The van der Waals surface area contributed by atoms with Crippen molar-refractivity contribution in [3.8, 4) is 11.4 Å². The minimum absolute atomic E-state index is 0.317. The maximum Gasteiger partial charge on any atom is 0.146 e. The average molecular weight is 267 g/mol. The number of hydrogen-bond acceptors (Lipinski definition) is 2. The zero-order valence-electron chi connectivity index (χ0n) is 10.9. The Labute approximate surface area is 115 Å². The molecular formula is C16H14FN3. The van der Waals surface area contributed by atoms with Crippen LogP contribution < -0.4 is 5.73 Å². The Hall–Kier alpha value is -2.36. The van der Waals surface area contributed by atoms with Crippen molar-refractivity contribution < 1.29 is 4.39 Å². The molecule has 4 heteroatoms. The molecular weight excluding hydrogens is 253 g/mol. The number of imidazole rings is 1. The topological polar surface area (TPSA) is 43.8 Å². The molecule has 0 aliphatic heterocycles. The van der Waals surface area contributed by atoms with Crippen molar-refractivity contribution >= 4 is 16.7 Å². The maximum atomic E-state index is 14.2. The molecule has 0 bridgehead atoms. The summed E-state index contributed by atoms with van der Waals surface area (Å²) in [6.45, 7) is 0. The van der Waals surface area contributed by atoms with Gasteiger partial charge in [0.2, 0.25) is 0 Å². The third-order valence-corrected chi connectivity index (χ3v) is 3.78. The summed E-state index contributed by atoms with van der Waals surface area (Å²) < 4.78 is 16.3. The fraction of sp³-hybridized carbons (Fsp3) is 0.188. The average Bonchev–Trinajstić information content (AvgIpc) is 3.19. The Morgan fingerprint density at radius 2 is 1.90 bits per heavy atom. The van der Waals surface area contributed by atoms with E-state index in [2.05, 4.69) is 9.55 Å². The number of halogens is 1. The quantitative estimate of drug-likeness (QED) is 0.718. The molecule has 4 rings (SSSR count). The van der Waals surface area contributed by atoms with Crippen LogP contribution >= 0.6 is 0 Å². The number of nitrogens with two attached hydrogens (primary N) is 1. The Kier molecular flexibility index (Phi) is 2.33. The van der Waals surface area contributed by atoms with Gasteiger partial charge in [0.05, 0.1) is 16.6 Å². The summed E-state index contributed by atoms with van der Waals surface area (Å²) in [6.07, 6.45) is 2.23. The number of rotatable bonds is 2. The lowest BCUT2D eigenvalue weighted by Crippen LogP contribution is -2.02. The Bertz CT molecular complexity index is 782. The van der Waals surface area contributed by atoms with Gasteiger partial charge >= 0.3 is 0 Å². The Balaban J connectivity index is 2.07. The fourth-order valence-electron chi connectivity index (χ4n) is 2.70. The van der Waals surface area contributed by atoms with Gasteiger partial charge in [0.1, 0.15) is 11.6 Å². The molecule has 1 heterocycles. The molecule has 3 aromatic rings. The van der Waals surface area contributed by atoms with Gasteiger partial charge in [-0.15, -0.1) is 0 Å². The van der Waals surface area contributed by atoms with E-state index in [1.165, 1.54) is 6.07 Å². The summed E-state index contributed by atoms with van der Waals surface area (Å²) in [4.78, 5) is 4.61. The highest BCUT2D eigenvalue weighted by atomic mass is 19.1. The summed E-state index contributed by atoms with van der Waals surface area (Å²) in [5, 5.41) is 0. The highest BCUT2D eigenvalue weighted by Crippen LogP contribution is 2.42. The van der Waals surface area contributed by atoms with E-state index in [9.17, 15) is 4.39 Å². The largest absolute Gasteiger partial charge is 0.398 e. The molecule has 0 amide bonds. The highest BCUT2D eigenvalue weighted by molar-refractivity contribution is 5.84. The first kappa shape index (κ1) is 11.5. The van der Waals surface area contributed by atoms with Crippen LogP contribution in [0.15, 0.2) is 42.5 Å². The molecule has 1 saturated carbocycles. The number of nitrogen functional groups attached to an aromatic ring is 1. The number of aromatic nitrogens is 2. The zero-order chi connectivity index (χ0) is 13.7. The van der Waals surface area contributed by atoms with E-state index < -0.39 is 0 Å². The molecule has 0 radical (unpaired) electrons. The molecule has 2 aromatic carbocycles. The van der Waals surface area contributed by atoms with Gasteiger partial charge in [-0.3, -0.25) is 0 Å². The molecule has 1 fully saturated rings. The summed E-state index contributed by atoms with van der Waals surface area (Å²) in [7, 11) is 0. The second-order valence-electron chi connectivity index (χ2n) is 5.23. The van der Waals surface area contributed by atoms with Gasteiger partial charge in [-0.1, -0.05) is 18.2 Å². The second kappa shape index (κ2) is 4.07. The molecule has 3 nitrogen and oxygen atoms in total. The van der Waals surface area contributed by atoms with Crippen molar-refractivity contribution in [2.24, 2.45) is 0 Å². The van der Waals surface area contributed by atoms with Gasteiger partial charge in [0.15, 0.2) is 0 Å². The lowest BCUT2D eigenvalue weighted by Gasteiger charge is -2.10. The number of fused-ring (bicyclic) bond motifs is 1. The summed E-state index contributed by atoms with van der Waals surface area (Å²) >= 11 is 0. The molecule has 0 spiro atoms. The maximum absolute atomic E-state index is 14.2. The van der Waals surface area contributed by atoms with Crippen LogP contribution in [0.1, 0.15) is 18.9 Å². The van der Waals surface area contributed by atoms with E-state index in [0.29, 0.717) is 23.1 Å². The van der Waals surface area contributed by atoms with Crippen molar-refractivity contribution in [3.05, 3.63) is 48.3 Å². The SMILES string of the molecule is Nc1cccc(F)c1-c1nc2ccccc2n1C1CC1. The first-order chi connectivity index (χ1) is 9.75. The van der Waals surface area contributed by atoms with Gasteiger partial charge < -0.3 is 10.3 Å². The highest BCUT2D eigenvalue weighted by Gasteiger charge is 2.30. The van der Waals surface area contributed by atoms with E-state index in [-0.39, 0.29) is 5.82 Å². The standard InChI is InChI=1S/C16H14FN3/c17-11-4-3-5-12(18)15(11)16-19-13-6-1-2-7-14(13)20(16)10-8-9-10/h1-7,10H,8-9,18H2. The minimum Gasteiger partial charge on any atom is -0.398 e. The van der Waals surface area contributed by atoms with E-state index >= 15 is 0 Å². The summed E-state index contributed by atoms with van der Waals surface area (Å²) in [5.41, 5.74) is 8.75. The van der Waals surface area contributed by atoms with Gasteiger partial charge in [-0.2, -0.15) is 0 Å². The minimum atomic E-state index is -0.317. The molecule has 20 heavy (non-hydrogen) atoms. The van der Waals surface area contributed by atoms with Crippen LogP contribution in [0.25, 0.3) is 22.4 Å². The monoisotopic (exact) mass is 267 g/mol. The smallest absolute Gasteiger partial charge is 0.146 e. The zero-order valence-corrected chi connectivity index (χ0v) is 10.9. The van der Waals surface area contributed by atoms with Crippen LogP contribution in [0, 0.1) is 5.82 Å². The van der Waals surface area contributed by atoms with Crippen LogP contribution in [0.3, 0.4) is 0 Å². The normalized spacial score (nSPS) is 14.8. The number of para-hydroxylation sites is 2. The van der Waals surface area contributed by atoms with Crippen LogP contribution in [0.5, 0.6) is 0 Å². The molecule has 0 atom stereocenters. The van der Waals surface area contributed by atoms with Crippen molar-refractivity contribution in [3.63, 3.8) is 0 Å². The predicted octanol–water partition coefficient (Wildman–Crippen LogP) is 3.76. The van der Waals surface area contributed by atoms with E-state index in [1.807, 2.05) is 24.3 Å². The van der Waals surface area contributed by atoms with Crippen LogP contribution in [0.2, 0.25) is 0 Å². The molecule has 0 unspecified atom stereocenters. The van der Waals surface area contributed by atoms with Crippen LogP contribution in [-0.4, -0.2) is 9.55 Å². The second-order valence-corrected chi connectivity index (χ2v) is 5.23. The summed E-state index contributed by atoms with van der Waals surface area (Å²) in [6, 6.07) is 13.1. The van der Waals surface area contributed by atoms with Crippen molar-refractivity contribution in [2.75, 3.05) is 5.73 Å².